The molecule has 0 fully saturated rings. The van der Waals surface area contributed by atoms with Gasteiger partial charge in [0.05, 0.1) is 0 Å². The third-order valence-electron chi connectivity index (χ3n) is 1.99. The fourth-order valence-electron chi connectivity index (χ4n) is 1.20. The number of benzene rings is 1. The highest BCUT2D eigenvalue weighted by molar-refractivity contribution is 5.57. The molecule has 1 N–H and O–H groups in total. The number of aliphatic hydroxyl groups is 1. The molecule has 0 unspecified atom stereocenters. The van der Waals surface area contributed by atoms with Crippen molar-refractivity contribution in [1.29, 1.82) is 0 Å². The van der Waals surface area contributed by atoms with Gasteiger partial charge in [0.1, 0.15) is 0 Å². The van der Waals surface area contributed by atoms with Crippen LogP contribution in [0.4, 0.5) is 5.69 Å². The summed E-state index contributed by atoms with van der Waals surface area (Å²) in [5, 5.41) is 8.63. The normalized spacial score (nSPS) is 10.8. The summed E-state index contributed by atoms with van der Waals surface area (Å²) in [6.07, 6.45) is 4.73. The predicted octanol–water partition coefficient (Wildman–Crippen LogP) is 2.15. The van der Waals surface area contributed by atoms with E-state index in [1.807, 2.05) is 32.3 Å². The van der Waals surface area contributed by atoms with Gasteiger partial charge < -0.3 is 10.0 Å². The number of hydrogen-bond acceptors (Lipinski definition) is 2. The van der Waals surface area contributed by atoms with E-state index in [-0.39, 0.29) is 6.61 Å². The monoisotopic (exact) mass is 191 g/mol. The van der Waals surface area contributed by atoms with Crippen LogP contribution in [-0.4, -0.2) is 25.8 Å². The van der Waals surface area contributed by atoms with Crippen LogP contribution in [0.15, 0.2) is 30.3 Å². The van der Waals surface area contributed by atoms with Crippen LogP contribution in [0.25, 0.3) is 6.08 Å². The zero-order valence-electron chi connectivity index (χ0n) is 8.77. The maximum absolute atomic E-state index is 8.63. The van der Waals surface area contributed by atoms with Gasteiger partial charge in [-0.05, 0) is 24.1 Å². The highest BCUT2D eigenvalue weighted by Crippen LogP contribution is 2.14. The van der Waals surface area contributed by atoms with Crippen molar-refractivity contribution in [1.82, 2.24) is 0 Å². The van der Waals surface area contributed by atoms with Crippen LogP contribution in [0.1, 0.15) is 12.0 Å². The number of aliphatic hydroxyl groups excluding tert-OH is 1. The first-order chi connectivity index (χ1) is 6.74. The van der Waals surface area contributed by atoms with Gasteiger partial charge in [0.25, 0.3) is 0 Å². The molecule has 0 aliphatic carbocycles. The lowest BCUT2D eigenvalue weighted by Crippen LogP contribution is -2.08. The molecule has 0 heterocycles. The second kappa shape index (κ2) is 5.45. The molecule has 0 saturated carbocycles. The molecule has 0 bridgehead atoms. The van der Waals surface area contributed by atoms with Crippen LogP contribution in [-0.2, 0) is 0 Å². The Balaban J connectivity index is 2.73. The standard InChI is InChI=1S/C12H17NO/c1-13(2)12-8-5-7-11(10-12)6-3-4-9-14/h3,5-8,10,14H,4,9H2,1-2H3. The lowest BCUT2D eigenvalue weighted by molar-refractivity contribution is 0.303. The first-order valence-electron chi connectivity index (χ1n) is 4.79. The van der Waals surface area contributed by atoms with Gasteiger partial charge in [0.2, 0.25) is 0 Å². The van der Waals surface area contributed by atoms with E-state index >= 15 is 0 Å². The van der Waals surface area contributed by atoms with Crippen molar-refractivity contribution in [3.05, 3.63) is 35.9 Å². The molecule has 0 aliphatic rings. The van der Waals surface area contributed by atoms with Crippen LogP contribution < -0.4 is 4.90 Å². The molecule has 1 aromatic rings. The third-order valence-corrected chi connectivity index (χ3v) is 1.99. The fraction of sp³-hybridized carbons (Fsp3) is 0.333. The quantitative estimate of drug-likeness (QED) is 0.788. The molecule has 0 saturated heterocycles. The molecule has 1 rings (SSSR count). The van der Waals surface area contributed by atoms with Crippen LogP contribution in [0, 0.1) is 0 Å². The van der Waals surface area contributed by atoms with Gasteiger partial charge >= 0.3 is 0 Å². The van der Waals surface area contributed by atoms with Crippen molar-refractivity contribution < 1.29 is 5.11 Å². The fourth-order valence-corrected chi connectivity index (χ4v) is 1.20. The van der Waals surface area contributed by atoms with Crippen molar-refractivity contribution in [2.75, 3.05) is 25.6 Å². The lowest BCUT2D eigenvalue weighted by atomic mass is 10.1. The van der Waals surface area contributed by atoms with Crippen LogP contribution >= 0.6 is 0 Å². The summed E-state index contributed by atoms with van der Waals surface area (Å²) in [6.45, 7) is 0.212. The summed E-state index contributed by atoms with van der Waals surface area (Å²) in [6, 6.07) is 8.28. The highest BCUT2D eigenvalue weighted by atomic mass is 16.2. The third kappa shape index (κ3) is 3.23. The summed E-state index contributed by atoms with van der Waals surface area (Å²) >= 11 is 0. The Morgan fingerprint density at radius 1 is 1.36 bits per heavy atom. The van der Waals surface area contributed by atoms with E-state index in [4.69, 9.17) is 5.11 Å². The maximum Gasteiger partial charge on any atom is 0.0465 e. The maximum atomic E-state index is 8.63. The van der Waals surface area contributed by atoms with Gasteiger partial charge in [-0.2, -0.15) is 0 Å². The Bertz CT molecular complexity index is 305. The number of rotatable bonds is 4. The molecule has 0 aliphatic heterocycles. The van der Waals surface area contributed by atoms with Crippen molar-refractivity contribution >= 4 is 11.8 Å². The Morgan fingerprint density at radius 2 is 2.14 bits per heavy atom. The molecule has 14 heavy (non-hydrogen) atoms. The minimum absolute atomic E-state index is 0.212. The highest BCUT2D eigenvalue weighted by Gasteiger charge is 1.93. The first kappa shape index (κ1) is 10.8. The van der Waals surface area contributed by atoms with Gasteiger partial charge in [-0.15, -0.1) is 0 Å². The molecule has 2 heteroatoms. The molecule has 0 spiro atoms. The molecule has 76 valence electrons. The SMILES string of the molecule is CN(C)c1cccc(C=CCCO)c1. The molecule has 0 amide bonds. The lowest BCUT2D eigenvalue weighted by Gasteiger charge is -2.12. The Labute approximate surface area is 85.5 Å². The van der Waals surface area contributed by atoms with E-state index < -0.39 is 0 Å². The average Bonchev–Trinajstić information content (AvgIpc) is 2.19. The molecule has 0 aromatic heterocycles. The summed E-state index contributed by atoms with van der Waals surface area (Å²) in [5.74, 6) is 0. The second-order valence-corrected chi connectivity index (χ2v) is 3.40. The van der Waals surface area contributed by atoms with E-state index in [0.29, 0.717) is 6.42 Å². The first-order valence-corrected chi connectivity index (χ1v) is 4.79. The van der Waals surface area contributed by atoms with Crippen molar-refractivity contribution in [3.8, 4) is 0 Å². The van der Waals surface area contributed by atoms with E-state index in [9.17, 15) is 0 Å². The Morgan fingerprint density at radius 3 is 2.79 bits per heavy atom. The second-order valence-electron chi connectivity index (χ2n) is 3.40. The minimum atomic E-state index is 0.212. The van der Waals surface area contributed by atoms with Crippen LogP contribution in [0.5, 0.6) is 0 Å². The summed E-state index contributed by atoms with van der Waals surface area (Å²) < 4.78 is 0. The number of nitrogens with zero attached hydrogens (tertiary/aromatic N) is 1. The van der Waals surface area contributed by atoms with Gasteiger partial charge in [-0.25, -0.2) is 0 Å². The van der Waals surface area contributed by atoms with Crippen molar-refractivity contribution in [2.24, 2.45) is 0 Å². The predicted molar refractivity (Wildman–Crippen MR) is 61.5 cm³/mol. The topological polar surface area (TPSA) is 23.5 Å². The molecular weight excluding hydrogens is 174 g/mol. The molecule has 0 atom stereocenters. The zero-order valence-corrected chi connectivity index (χ0v) is 8.77. The van der Waals surface area contributed by atoms with Crippen LogP contribution in [0.2, 0.25) is 0 Å². The van der Waals surface area contributed by atoms with Gasteiger partial charge in [0.15, 0.2) is 0 Å². The van der Waals surface area contributed by atoms with Crippen molar-refractivity contribution in [3.63, 3.8) is 0 Å². The summed E-state index contributed by atoms with van der Waals surface area (Å²) in [4.78, 5) is 2.07. The van der Waals surface area contributed by atoms with Crippen LogP contribution in [0.3, 0.4) is 0 Å². The minimum Gasteiger partial charge on any atom is -0.396 e. The molecule has 1 aromatic carbocycles. The molecule has 0 radical (unpaired) electrons. The zero-order chi connectivity index (χ0) is 10.4. The van der Waals surface area contributed by atoms with Gasteiger partial charge in [0, 0.05) is 26.4 Å². The van der Waals surface area contributed by atoms with E-state index in [1.165, 1.54) is 11.3 Å². The molecular formula is C12H17NO. The molecule has 2 nitrogen and oxygen atoms in total. The number of anilines is 1. The number of hydrogen-bond donors (Lipinski definition) is 1. The summed E-state index contributed by atoms with van der Waals surface area (Å²) in [7, 11) is 4.05. The smallest absolute Gasteiger partial charge is 0.0465 e. The van der Waals surface area contributed by atoms with Gasteiger partial charge in [-0.1, -0.05) is 24.3 Å². The Hall–Kier alpha value is -1.28. The van der Waals surface area contributed by atoms with E-state index in [0.717, 1.165) is 0 Å². The average molecular weight is 191 g/mol. The largest absolute Gasteiger partial charge is 0.396 e. The van der Waals surface area contributed by atoms with E-state index in [2.05, 4.69) is 23.1 Å². The van der Waals surface area contributed by atoms with E-state index in [1.54, 1.807) is 0 Å². The van der Waals surface area contributed by atoms with Gasteiger partial charge in [-0.3, -0.25) is 0 Å². The summed E-state index contributed by atoms with van der Waals surface area (Å²) in [5.41, 5.74) is 2.36. The Kier molecular flexibility index (Phi) is 4.20. The van der Waals surface area contributed by atoms with Crippen molar-refractivity contribution in [2.45, 2.75) is 6.42 Å².